The number of benzene rings is 1. The predicted molar refractivity (Wildman–Crippen MR) is 68.6 cm³/mol. The smallest absolute Gasteiger partial charge is 0.264 e. The molecule has 104 valence electrons. The first-order valence-corrected chi connectivity index (χ1v) is 7.61. The highest BCUT2D eigenvalue weighted by Crippen LogP contribution is 2.20. The molecule has 1 saturated heterocycles. The second-order valence-electron chi connectivity index (χ2n) is 4.10. The number of hydrogen-bond acceptors (Lipinski definition) is 5. The largest absolute Gasteiger partial charge is 0.478 e. The summed E-state index contributed by atoms with van der Waals surface area (Å²) in [6.45, 7) is -0.150. The van der Waals surface area contributed by atoms with Crippen molar-refractivity contribution in [3.8, 4) is 5.75 Å². The number of carbonyl (C=O) groups is 1. The summed E-state index contributed by atoms with van der Waals surface area (Å²) in [7, 11) is -3.54. The number of ether oxygens (including phenoxy) is 1. The van der Waals surface area contributed by atoms with Gasteiger partial charge >= 0.3 is 0 Å². The molecule has 2 atom stereocenters. The van der Waals surface area contributed by atoms with E-state index in [0.717, 1.165) is 6.26 Å². The van der Waals surface area contributed by atoms with Crippen molar-refractivity contribution in [2.75, 3.05) is 12.9 Å². The number of nitrogens with one attached hydrogen (secondary N) is 1. The molecule has 6 nitrogen and oxygen atoms in total. The minimum atomic E-state index is -3.54. The summed E-state index contributed by atoms with van der Waals surface area (Å²) in [6.07, 6.45) is 0.186. The molecule has 19 heavy (non-hydrogen) atoms. The van der Waals surface area contributed by atoms with Crippen LogP contribution in [-0.2, 0) is 19.1 Å². The Morgan fingerprint density at radius 3 is 2.47 bits per heavy atom. The van der Waals surface area contributed by atoms with Gasteiger partial charge in [0.15, 0.2) is 6.10 Å². The van der Waals surface area contributed by atoms with Crippen LogP contribution in [0.2, 0.25) is 5.02 Å². The van der Waals surface area contributed by atoms with Crippen molar-refractivity contribution in [3.05, 3.63) is 29.3 Å². The minimum absolute atomic E-state index is 0.150. The zero-order valence-corrected chi connectivity index (χ0v) is 11.6. The molecule has 2 rings (SSSR count). The Balaban J connectivity index is 1.94. The average molecular weight is 306 g/mol. The first-order chi connectivity index (χ1) is 8.85. The molecule has 1 aromatic rings. The summed E-state index contributed by atoms with van der Waals surface area (Å²) in [4.78, 5) is 11.4. The van der Waals surface area contributed by atoms with Crippen LogP contribution >= 0.6 is 11.6 Å². The average Bonchev–Trinajstić information content (AvgIpc) is 2.32. The lowest BCUT2D eigenvalue weighted by molar-refractivity contribution is -0.141. The Hall–Kier alpha value is -1.31. The fourth-order valence-electron chi connectivity index (χ4n) is 1.55. The maximum Gasteiger partial charge on any atom is 0.264 e. The Bertz CT molecular complexity index is 571. The number of halogens is 1. The monoisotopic (exact) mass is 305 g/mol. The molecule has 1 N–H and O–H groups in total. The maximum absolute atomic E-state index is 11.4. The van der Waals surface area contributed by atoms with Gasteiger partial charge in [0.05, 0.1) is 18.9 Å². The highest BCUT2D eigenvalue weighted by Gasteiger charge is 2.42. The fraction of sp³-hybridized carbons (Fsp3) is 0.364. The van der Waals surface area contributed by atoms with E-state index in [-0.39, 0.29) is 12.5 Å². The van der Waals surface area contributed by atoms with Gasteiger partial charge in [-0.3, -0.25) is 8.98 Å². The SMILES string of the molecule is CS(=O)(=O)OC[C@H]1NC(=O)[C@H]1Oc1ccc(Cl)cc1. The molecule has 1 aliphatic rings. The molecule has 1 aromatic carbocycles. The van der Waals surface area contributed by atoms with Gasteiger partial charge in [-0.1, -0.05) is 11.6 Å². The normalized spacial score (nSPS) is 22.5. The van der Waals surface area contributed by atoms with E-state index < -0.39 is 22.3 Å². The quantitative estimate of drug-likeness (QED) is 0.635. The van der Waals surface area contributed by atoms with Gasteiger partial charge in [0.2, 0.25) is 0 Å². The van der Waals surface area contributed by atoms with E-state index in [1.807, 2.05) is 0 Å². The summed E-state index contributed by atoms with van der Waals surface area (Å²) >= 11 is 5.73. The van der Waals surface area contributed by atoms with Crippen molar-refractivity contribution in [1.82, 2.24) is 5.32 Å². The molecule has 0 radical (unpaired) electrons. The number of hydrogen-bond donors (Lipinski definition) is 1. The van der Waals surface area contributed by atoms with Crippen molar-refractivity contribution in [2.24, 2.45) is 0 Å². The van der Waals surface area contributed by atoms with Crippen LogP contribution in [0.5, 0.6) is 5.75 Å². The van der Waals surface area contributed by atoms with Crippen LogP contribution in [0.25, 0.3) is 0 Å². The van der Waals surface area contributed by atoms with Gasteiger partial charge in [0.1, 0.15) is 5.75 Å². The van der Waals surface area contributed by atoms with Crippen LogP contribution < -0.4 is 10.1 Å². The van der Waals surface area contributed by atoms with Gasteiger partial charge in [0.25, 0.3) is 16.0 Å². The molecule has 0 spiro atoms. The molecule has 0 bridgehead atoms. The highest BCUT2D eigenvalue weighted by molar-refractivity contribution is 7.85. The second kappa shape index (κ2) is 5.36. The Morgan fingerprint density at radius 2 is 1.95 bits per heavy atom. The molecule has 1 amide bonds. The molecule has 1 aliphatic heterocycles. The van der Waals surface area contributed by atoms with Gasteiger partial charge in [0, 0.05) is 5.02 Å². The topological polar surface area (TPSA) is 81.7 Å². The van der Waals surface area contributed by atoms with Crippen LogP contribution in [0.3, 0.4) is 0 Å². The first-order valence-electron chi connectivity index (χ1n) is 5.42. The van der Waals surface area contributed by atoms with Gasteiger partial charge < -0.3 is 10.1 Å². The lowest BCUT2D eigenvalue weighted by atomic mass is 10.0. The lowest BCUT2D eigenvalue weighted by Gasteiger charge is -2.35. The molecular weight excluding hydrogens is 294 g/mol. The van der Waals surface area contributed by atoms with E-state index in [2.05, 4.69) is 9.50 Å². The third-order valence-electron chi connectivity index (χ3n) is 2.49. The highest BCUT2D eigenvalue weighted by atomic mass is 35.5. The van der Waals surface area contributed by atoms with Gasteiger partial charge in [-0.05, 0) is 24.3 Å². The van der Waals surface area contributed by atoms with E-state index in [0.29, 0.717) is 10.8 Å². The first kappa shape index (κ1) is 14.1. The van der Waals surface area contributed by atoms with E-state index in [9.17, 15) is 13.2 Å². The van der Waals surface area contributed by atoms with E-state index in [4.69, 9.17) is 16.3 Å². The van der Waals surface area contributed by atoms with Crippen molar-refractivity contribution in [2.45, 2.75) is 12.1 Å². The van der Waals surface area contributed by atoms with E-state index in [1.165, 1.54) is 0 Å². The Morgan fingerprint density at radius 1 is 1.32 bits per heavy atom. The number of β-lactam (4-membered cyclic amide) rings is 1. The fourth-order valence-corrected chi connectivity index (χ4v) is 2.07. The second-order valence-corrected chi connectivity index (χ2v) is 6.18. The summed E-state index contributed by atoms with van der Waals surface area (Å²) < 4.78 is 31.8. The third kappa shape index (κ3) is 3.82. The van der Waals surface area contributed by atoms with Gasteiger partial charge in [-0.25, -0.2) is 0 Å². The van der Waals surface area contributed by atoms with Crippen molar-refractivity contribution in [1.29, 1.82) is 0 Å². The number of carbonyl (C=O) groups excluding carboxylic acids is 1. The minimum Gasteiger partial charge on any atom is -0.478 e. The lowest BCUT2D eigenvalue weighted by Crippen LogP contribution is -2.66. The van der Waals surface area contributed by atoms with Crippen molar-refractivity contribution in [3.63, 3.8) is 0 Å². The van der Waals surface area contributed by atoms with E-state index >= 15 is 0 Å². The van der Waals surface area contributed by atoms with Crippen LogP contribution in [-0.4, -0.2) is 39.3 Å². The van der Waals surface area contributed by atoms with Crippen LogP contribution in [0.1, 0.15) is 0 Å². The summed E-state index contributed by atoms with van der Waals surface area (Å²) in [5.74, 6) is 0.172. The van der Waals surface area contributed by atoms with Crippen molar-refractivity contribution < 1.29 is 22.1 Å². The van der Waals surface area contributed by atoms with Crippen LogP contribution in [0.4, 0.5) is 0 Å². The number of amides is 1. The molecule has 0 aromatic heterocycles. The van der Waals surface area contributed by atoms with Crippen LogP contribution in [0, 0.1) is 0 Å². The molecule has 1 heterocycles. The summed E-state index contributed by atoms with van der Waals surface area (Å²) in [5, 5.41) is 3.08. The van der Waals surface area contributed by atoms with Crippen LogP contribution in [0.15, 0.2) is 24.3 Å². The zero-order valence-electron chi connectivity index (χ0n) is 10.00. The molecule has 8 heteroatoms. The summed E-state index contributed by atoms with van der Waals surface area (Å²) in [6, 6.07) is 6.04. The van der Waals surface area contributed by atoms with Gasteiger partial charge in [-0.2, -0.15) is 8.42 Å². The Labute approximate surface area is 115 Å². The van der Waals surface area contributed by atoms with Crippen molar-refractivity contribution >= 4 is 27.6 Å². The summed E-state index contributed by atoms with van der Waals surface area (Å²) in [5.41, 5.74) is 0. The Kier molecular flexibility index (Phi) is 3.98. The number of rotatable bonds is 5. The molecule has 0 unspecified atom stereocenters. The standard InChI is InChI=1S/C11H12ClNO5S/c1-19(15,16)17-6-9-10(11(14)13-9)18-8-4-2-7(12)3-5-8/h2-5,9-10H,6H2,1H3,(H,13,14)/t9-,10+/m1/s1. The molecular formula is C11H12ClNO5S. The molecule has 1 fully saturated rings. The molecule has 0 saturated carbocycles. The predicted octanol–water partition coefficient (Wildman–Crippen LogP) is 0.562. The molecule has 0 aliphatic carbocycles. The third-order valence-corrected chi connectivity index (χ3v) is 3.31. The maximum atomic E-state index is 11.4. The van der Waals surface area contributed by atoms with Gasteiger partial charge in [-0.15, -0.1) is 0 Å². The zero-order chi connectivity index (χ0) is 14.0. The van der Waals surface area contributed by atoms with E-state index in [1.54, 1.807) is 24.3 Å².